The maximum Gasteiger partial charge on any atom is 0.325 e. The van der Waals surface area contributed by atoms with Crippen molar-refractivity contribution in [3.63, 3.8) is 0 Å². The summed E-state index contributed by atoms with van der Waals surface area (Å²) in [5, 5.41) is 2.88. The highest BCUT2D eigenvalue weighted by Crippen LogP contribution is 2.37. The van der Waals surface area contributed by atoms with Crippen LogP contribution in [0.25, 0.3) is 0 Å². The van der Waals surface area contributed by atoms with E-state index in [0.717, 1.165) is 37.0 Å². The first-order valence-corrected chi connectivity index (χ1v) is 9.12. The fourth-order valence-electron chi connectivity index (χ4n) is 4.12. The monoisotopic (exact) mass is 372 g/mol. The molecule has 1 aliphatic carbocycles. The molecule has 0 aromatic heterocycles. The topological polar surface area (TPSA) is 95.7 Å². The first-order chi connectivity index (χ1) is 11.4. The van der Waals surface area contributed by atoms with E-state index in [1.165, 1.54) is 0 Å². The second-order valence-electron chi connectivity index (χ2n) is 7.47. The summed E-state index contributed by atoms with van der Waals surface area (Å²) in [5.41, 5.74) is 5.08. The van der Waals surface area contributed by atoms with Crippen LogP contribution in [0.3, 0.4) is 0 Å². The Balaban J connectivity index is 0.00000225. The van der Waals surface area contributed by atoms with Gasteiger partial charge in [-0.25, -0.2) is 4.79 Å². The molecule has 25 heavy (non-hydrogen) atoms. The molecule has 0 atom stereocenters. The second kappa shape index (κ2) is 7.91. The lowest BCUT2D eigenvalue weighted by Gasteiger charge is -2.35. The van der Waals surface area contributed by atoms with Gasteiger partial charge in [-0.3, -0.25) is 14.5 Å². The van der Waals surface area contributed by atoms with Gasteiger partial charge in [0.05, 0.1) is 0 Å². The van der Waals surface area contributed by atoms with Gasteiger partial charge in [-0.15, -0.1) is 12.4 Å². The molecule has 3 fully saturated rings. The number of halogens is 1. The first-order valence-electron chi connectivity index (χ1n) is 9.12. The van der Waals surface area contributed by atoms with Gasteiger partial charge >= 0.3 is 6.03 Å². The number of carbonyl (C=O) groups is 3. The summed E-state index contributed by atoms with van der Waals surface area (Å²) < 4.78 is 0. The predicted molar refractivity (Wildman–Crippen MR) is 96.3 cm³/mol. The van der Waals surface area contributed by atoms with Gasteiger partial charge in [0.1, 0.15) is 12.1 Å². The summed E-state index contributed by atoms with van der Waals surface area (Å²) in [6.07, 6.45) is 5.92. The van der Waals surface area contributed by atoms with E-state index in [4.69, 9.17) is 5.73 Å². The molecular formula is C17H29ClN4O3. The zero-order valence-corrected chi connectivity index (χ0v) is 15.6. The van der Waals surface area contributed by atoms with Crippen molar-refractivity contribution in [2.75, 3.05) is 19.6 Å². The van der Waals surface area contributed by atoms with Crippen molar-refractivity contribution in [2.24, 2.45) is 11.7 Å². The van der Waals surface area contributed by atoms with Crippen LogP contribution in [0.1, 0.15) is 51.9 Å². The average Bonchev–Trinajstić information content (AvgIpc) is 2.80. The van der Waals surface area contributed by atoms with Crippen molar-refractivity contribution in [1.29, 1.82) is 0 Å². The molecule has 3 N–H and O–H groups in total. The molecule has 3 rings (SSSR count). The molecule has 8 heteroatoms. The Kier molecular flexibility index (Phi) is 6.32. The molecule has 0 bridgehead atoms. The van der Waals surface area contributed by atoms with Crippen molar-refractivity contribution in [3.05, 3.63) is 0 Å². The molecule has 3 aliphatic rings. The Labute approximate surface area is 155 Å². The highest BCUT2D eigenvalue weighted by Gasteiger charge is 2.52. The standard InChI is InChI=1S/C17H28N4O3.ClH/c1-2-12-3-7-17(8-4-12)15(23)21(16(24)19-17)11-14(22)20-9-5-13(18)6-10-20;/h12-13H,2-11,18H2,1H3,(H,19,24);1H. The van der Waals surface area contributed by atoms with Gasteiger partial charge in [0.15, 0.2) is 0 Å². The molecule has 1 saturated carbocycles. The van der Waals surface area contributed by atoms with Gasteiger partial charge in [-0.05, 0) is 44.4 Å². The van der Waals surface area contributed by atoms with Crippen LogP contribution in [-0.2, 0) is 9.59 Å². The smallest absolute Gasteiger partial charge is 0.325 e. The third kappa shape index (κ3) is 3.92. The Morgan fingerprint density at radius 3 is 2.36 bits per heavy atom. The number of urea groups is 1. The number of hydrogen-bond donors (Lipinski definition) is 2. The van der Waals surface area contributed by atoms with E-state index in [9.17, 15) is 14.4 Å². The Bertz CT molecular complexity index is 526. The summed E-state index contributed by atoms with van der Waals surface area (Å²) in [5.74, 6) is 0.252. The van der Waals surface area contributed by atoms with E-state index in [1.54, 1.807) is 4.90 Å². The molecule has 0 aromatic rings. The zero-order chi connectivity index (χ0) is 17.3. The minimum Gasteiger partial charge on any atom is -0.341 e. The molecule has 2 aliphatic heterocycles. The van der Waals surface area contributed by atoms with E-state index in [-0.39, 0.29) is 36.8 Å². The zero-order valence-electron chi connectivity index (χ0n) is 14.8. The number of hydrogen-bond acceptors (Lipinski definition) is 4. The van der Waals surface area contributed by atoms with Crippen molar-refractivity contribution in [1.82, 2.24) is 15.1 Å². The summed E-state index contributed by atoms with van der Waals surface area (Å²) in [6, 6.07) is -0.278. The maximum absolute atomic E-state index is 12.8. The molecule has 142 valence electrons. The average molecular weight is 373 g/mol. The van der Waals surface area contributed by atoms with E-state index in [1.807, 2.05) is 0 Å². The number of nitrogens with zero attached hydrogens (tertiary/aromatic N) is 2. The fourth-order valence-corrected chi connectivity index (χ4v) is 4.12. The normalized spacial score (nSPS) is 30.4. The molecule has 2 saturated heterocycles. The maximum atomic E-state index is 12.8. The van der Waals surface area contributed by atoms with Crippen LogP contribution < -0.4 is 11.1 Å². The minimum atomic E-state index is -0.771. The van der Waals surface area contributed by atoms with E-state index >= 15 is 0 Å². The van der Waals surface area contributed by atoms with Crippen molar-refractivity contribution in [3.8, 4) is 0 Å². The van der Waals surface area contributed by atoms with Crippen LogP contribution in [-0.4, -0.2) is 58.9 Å². The third-order valence-electron chi connectivity index (χ3n) is 5.97. The Hall–Kier alpha value is -1.34. The number of rotatable bonds is 3. The van der Waals surface area contributed by atoms with E-state index in [2.05, 4.69) is 12.2 Å². The molecule has 2 heterocycles. The molecule has 0 radical (unpaired) electrons. The first kappa shape index (κ1) is 20.0. The van der Waals surface area contributed by atoms with Crippen molar-refractivity contribution >= 4 is 30.3 Å². The van der Waals surface area contributed by atoms with Crippen LogP contribution in [0.15, 0.2) is 0 Å². The summed E-state index contributed by atoms with van der Waals surface area (Å²) in [6.45, 7) is 3.21. The summed E-state index contributed by atoms with van der Waals surface area (Å²) in [7, 11) is 0. The van der Waals surface area contributed by atoms with Crippen LogP contribution in [0.4, 0.5) is 4.79 Å². The van der Waals surface area contributed by atoms with Gasteiger partial charge in [0.25, 0.3) is 5.91 Å². The molecule has 4 amide bonds. The number of likely N-dealkylation sites (tertiary alicyclic amines) is 1. The number of nitrogens with two attached hydrogens (primary N) is 1. The minimum absolute atomic E-state index is 0. The Morgan fingerprint density at radius 1 is 1.20 bits per heavy atom. The van der Waals surface area contributed by atoms with Gasteiger partial charge in [0, 0.05) is 19.1 Å². The highest BCUT2D eigenvalue weighted by atomic mass is 35.5. The lowest BCUT2D eigenvalue weighted by Crippen LogP contribution is -2.51. The quantitative estimate of drug-likeness (QED) is 0.729. The second-order valence-corrected chi connectivity index (χ2v) is 7.47. The number of nitrogens with one attached hydrogen (secondary N) is 1. The highest BCUT2D eigenvalue weighted by molar-refractivity contribution is 6.09. The van der Waals surface area contributed by atoms with Crippen LogP contribution >= 0.6 is 12.4 Å². The molecule has 1 spiro atoms. The molecular weight excluding hydrogens is 344 g/mol. The van der Waals surface area contributed by atoms with Crippen LogP contribution in [0, 0.1) is 5.92 Å². The Morgan fingerprint density at radius 2 is 1.80 bits per heavy atom. The van der Waals surface area contributed by atoms with Crippen LogP contribution in [0.5, 0.6) is 0 Å². The summed E-state index contributed by atoms with van der Waals surface area (Å²) >= 11 is 0. The van der Waals surface area contributed by atoms with E-state index < -0.39 is 11.6 Å². The fraction of sp³-hybridized carbons (Fsp3) is 0.824. The molecule has 7 nitrogen and oxygen atoms in total. The van der Waals surface area contributed by atoms with Crippen LogP contribution in [0.2, 0.25) is 0 Å². The lowest BCUT2D eigenvalue weighted by molar-refractivity contribution is -0.140. The molecule has 0 unspecified atom stereocenters. The number of imide groups is 1. The summed E-state index contributed by atoms with van der Waals surface area (Å²) in [4.78, 5) is 40.4. The van der Waals surface area contributed by atoms with E-state index in [0.29, 0.717) is 31.8 Å². The number of amides is 4. The van der Waals surface area contributed by atoms with Gasteiger partial charge in [-0.1, -0.05) is 13.3 Å². The van der Waals surface area contributed by atoms with Gasteiger partial charge < -0.3 is 16.0 Å². The largest absolute Gasteiger partial charge is 0.341 e. The lowest BCUT2D eigenvalue weighted by atomic mass is 9.75. The number of piperidine rings is 1. The third-order valence-corrected chi connectivity index (χ3v) is 5.97. The van der Waals surface area contributed by atoms with Gasteiger partial charge in [-0.2, -0.15) is 0 Å². The van der Waals surface area contributed by atoms with Gasteiger partial charge in [0.2, 0.25) is 5.91 Å². The SMILES string of the molecule is CCC1CCC2(CC1)NC(=O)N(CC(=O)N1CCC(N)CC1)C2=O.Cl. The molecule has 0 aromatic carbocycles. The predicted octanol–water partition coefficient (Wildman–Crippen LogP) is 1.25. The van der Waals surface area contributed by atoms with Crippen molar-refractivity contribution < 1.29 is 14.4 Å². The van der Waals surface area contributed by atoms with Crippen molar-refractivity contribution in [2.45, 2.75) is 63.5 Å². The number of carbonyl (C=O) groups excluding carboxylic acids is 3.